The van der Waals surface area contributed by atoms with Gasteiger partial charge in [0.25, 0.3) is 0 Å². The van der Waals surface area contributed by atoms with E-state index in [1.807, 2.05) is 0 Å². The fourth-order valence-corrected chi connectivity index (χ4v) is 3.62. The number of hydrogen-bond donors (Lipinski definition) is 1. The average molecular weight is 221 g/mol. The molecule has 2 heteroatoms. The summed E-state index contributed by atoms with van der Waals surface area (Å²) >= 11 is 2.09. The lowest BCUT2D eigenvalue weighted by Gasteiger charge is -2.19. The average Bonchev–Trinajstić information content (AvgIpc) is 2.81. The molecule has 2 atom stereocenters. The van der Waals surface area contributed by atoms with E-state index in [1.54, 1.807) is 0 Å². The molecule has 82 valence electrons. The molecule has 1 heterocycles. The van der Waals surface area contributed by atoms with Crippen LogP contribution in [0.3, 0.4) is 0 Å². The van der Waals surface area contributed by atoms with Crippen molar-refractivity contribution in [3.8, 4) is 0 Å². The van der Waals surface area contributed by atoms with Crippen molar-refractivity contribution < 1.29 is 0 Å². The molecular formula is C13H19NS. The van der Waals surface area contributed by atoms with Crippen molar-refractivity contribution in [1.29, 1.82) is 0 Å². The molecule has 2 unspecified atom stereocenters. The van der Waals surface area contributed by atoms with Crippen LogP contribution in [0.2, 0.25) is 0 Å². The van der Waals surface area contributed by atoms with E-state index in [2.05, 4.69) is 43.0 Å². The van der Waals surface area contributed by atoms with Crippen molar-refractivity contribution >= 4 is 11.8 Å². The van der Waals surface area contributed by atoms with Gasteiger partial charge in [0.1, 0.15) is 0 Å². The normalized spacial score (nSPS) is 22.9. The smallest absolute Gasteiger partial charge is 0.0178 e. The molecule has 1 aromatic rings. The highest BCUT2D eigenvalue weighted by molar-refractivity contribution is 7.99. The van der Waals surface area contributed by atoms with Crippen molar-refractivity contribution in [3.63, 3.8) is 0 Å². The third-order valence-electron chi connectivity index (χ3n) is 3.38. The molecule has 2 rings (SSSR count). The monoisotopic (exact) mass is 221 g/mol. The van der Waals surface area contributed by atoms with Gasteiger partial charge >= 0.3 is 0 Å². The molecule has 2 N–H and O–H groups in total. The summed E-state index contributed by atoms with van der Waals surface area (Å²) in [5, 5.41) is 0. The SMILES string of the molecule is CC(c1cccc(CN)c1)C1CCSC1. The van der Waals surface area contributed by atoms with Gasteiger partial charge in [0, 0.05) is 6.54 Å². The Morgan fingerprint density at radius 2 is 2.40 bits per heavy atom. The van der Waals surface area contributed by atoms with Gasteiger partial charge in [-0.2, -0.15) is 11.8 Å². The predicted octanol–water partition coefficient (Wildman–Crippen LogP) is 3.00. The van der Waals surface area contributed by atoms with Gasteiger partial charge in [-0.3, -0.25) is 0 Å². The van der Waals surface area contributed by atoms with Crippen molar-refractivity contribution in [2.75, 3.05) is 11.5 Å². The Kier molecular flexibility index (Phi) is 3.71. The van der Waals surface area contributed by atoms with Crippen LogP contribution >= 0.6 is 11.8 Å². The highest BCUT2D eigenvalue weighted by Gasteiger charge is 2.22. The first-order chi connectivity index (χ1) is 7.31. The highest BCUT2D eigenvalue weighted by atomic mass is 32.2. The van der Waals surface area contributed by atoms with Crippen molar-refractivity contribution in [3.05, 3.63) is 35.4 Å². The minimum absolute atomic E-state index is 0.653. The second kappa shape index (κ2) is 5.04. The summed E-state index contributed by atoms with van der Waals surface area (Å²) in [6, 6.07) is 8.76. The van der Waals surface area contributed by atoms with Gasteiger partial charge in [-0.25, -0.2) is 0 Å². The van der Waals surface area contributed by atoms with Gasteiger partial charge in [-0.1, -0.05) is 31.2 Å². The molecule has 0 spiro atoms. The summed E-state index contributed by atoms with van der Waals surface area (Å²) in [6.45, 7) is 3.01. The third-order valence-corrected chi connectivity index (χ3v) is 4.57. The summed E-state index contributed by atoms with van der Waals surface area (Å²) in [4.78, 5) is 0. The van der Waals surface area contributed by atoms with Gasteiger partial charge in [-0.15, -0.1) is 0 Å². The molecule has 1 fully saturated rings. The Labute approximate surface area is 96.4 Å². The molecule has 0 aromatic heterocycles. The van der Waals surface area contributed by atoms with E-state index < -0.39 is 0 Å². The lowest BCUT2D eigenvalue weighted by molar-refractivity contribution is 0.500. The van der Waals surface area contributed by atoms with Gasteiger partial charge in [0.15, 0.2) is 0 Å². The van der Waals surface area contributed by atoms with Crippen LogP contribution in [0.25, 0.3) is 0 Å². The maximum atomic E-state index is 5.67. The third kappa shape index (κ3) is 2.56. The Morgan fingerprint density at radius 1 is 1.53 bits per heavy atom. The second-order valence-corrected chi connectivity index (χ2v) is 5.51. The van der Waals surface area contributed by atoms with Crippen LogP contribution in [0.5, 0.6) is 0 Å². The van der Waals surface area contributed by atoms with E-state index in [0.29, 0.717) is 12.5 Å². The quantitative estimate of drug-likeness (QED) is 0.849. The minimum Gasteiger partial charge on any atom is -0.326 e. The number of benzene rings is 1. The summed E-state index contributed by atoms with van der Waals surface area (Å²) in [5.41, 5.74) is 8.39. The molecule has 1 nitrogen and oxygen atoms in total. The van der Waals surface area contributed by atoms with Crippen LogP contribution in [-0.2, 0) is 6.54 Å². The molecule has 0 bridgehead atoms. The zero-order valence-electron chi connectivity index (χ0n) is 9.28. The van der Waals surface area contributed by atoms with Gasteiger partial charge in [0.05, 0.1) is 0 Å². The van der Waals surface area contributed by atoms with Crippen LogP contribution in [-0.4, -0.2) is 11.5 Å². The van der Waals surface area contributed by atoms with Crippen LogP contribution in [0, 0.1) is 5.92 Å². The standard InChI is InChI=1S/C13H19NS/c1-10(13-5-6-15-9-13)12-4-2-3-11(7-12)8-14/h2-4,7,10,13H,5-6,8-9,14H2,1H3. The maximum Gasteiger partial charge on any atom is 0.0178 e. The summed E-state index contributed by atoms with van der Waals surface area (Å²) in [6.07, 6.45) is 1.37. The molecule has 1 aliphatic rings. The van der Waals surface area contributed by atoms with Gasteiger partial charge < -0.3 is 5.73 Å². The van der Waals surface area contributed by atoms with E-state index >= 15 is 0 Å². The Bertz CT molecular complexity index is 318. The summed E-state index contributed by atoms with van der Waals surface area (Å²) < 4.78 is 0. The zero-order chi connectivity index (χ0) is 10.7. The predicted molar refractivity (Wildman–Crippen MR) is 68.2 cm³/mol. The van der Waals surface area contributed by atoms with E-state index in [4.69, 9.17) is 5.73 Å². The number of rotatable bonds is 3. The van der Waals surface area contributed by atoms with E-state index in [9.17, 15) is 0 Å². The van der Waals surface area contributed by atoms with Crippen LogP contribution in [0.4, 0.5) is 0 Å². The first kappa shape index (κ1) is 11.0. The molecule has 1 saturated heterocycles. The zero-order valence-corrected chi connectivity index (χ0v) is 10.1. The van der Waals surface area contributed by atoms with Crippen LogP contribution in [0.15, 0.2) is 24.3 Å². The highest BCUT2D eigenvalue weighted by Crippen LogP contribution is 2.35. The molecule has 0 amide bonds. The molecule has 0 radical (unpaired) electrons. The summed E-state index contributed by atoms with van der Waals surface area (Å²) in [7, 11) is 0. The van der Waals surface area contributed by atoms with E-state index in [0.717, 1.165) is 5.92 Å². The largest absolute Gasteiger partial charge is 0.326 e. The minimum atomic E-state index is 0.653. The molecular weight excluding hydrogens is 202 g/mol. The fraction of sp³-hybridized carbons (Fsp3) is 0.538. The number of hydrogen-bond acceptors (Lipinski definition) is 2. The Hall–Kier alpha value is -0.470. The summed E-state index contributed by atoms with van der Waals surface area (Å²) in [5.74, 6) is 4.22. The van der Waals surface area contributed by atoms with E-state index in [-0.39, 0.29) is 0 Å². The van der Waals surface area contributed by atoms with Crippen molar-refractivity contribution in [2.24, 2.45) is 11.7 Å². The fourth-order valence-electron chi connectivity index (χ4n) is 2.22. The van der Waals surface area contributed by atoms with Gasteiger partial charge in [0.2, 0.25) is 0 Å². The van der Waals surface area contributed by atoms with Gasteiger partial charge in [-0.05, 0) is 40.9 Å². The molecule has 1 aliphatic heterocycles. The second-order valence-electron chi connectivity index (χ2n) is 4.36. The topological polar surface area (TPSA) is 26.0 Å². The van der Waals surface area contributed by atoms with Crippen molar-refractivity contribution in [1.82, 2.24) is 0 Å². The lowest BCUT2D eigenvalue weighted by Crippen LogP contribution is -2.09. The maximum absolute atomic E-state index is 5.67. The number of nitrogens with two attached hydrogens (primary N) is 1. The Balaban J connectivity index is 2.13. The van der Waals surface area contributed by atoms with Crippen LogP contribution < -0.4 is 5.73 Å². The number of thioether (sulfide) groups is 1. The molecule has 15 heavy (non-hydrogen) atoms. The van der Waals surface area contributed by atoms with E-state index in [1.165, 1.54) is 29.1 Å². The first-order valence-electron chi connectivity index (χ1n) is 5.68. The van der Waals surface area contributed by atoms with Crippen LogP contribution in [0.1, 0.15) is 30.4 Å². The molecule has 0 aliphatic carbocycles. The molecule has 1 aromatic carbocycles. The lowest BCUT2D eigenvalue weighted by atomic mass is 9.86. The Morgan fingerprint density at radius 3 is 3.07 bits per heavy atom. The van der Waals surface area contributed by atoms with Crippen molar-refractivity contribution in [2.45, 2.75) is 25.8 Å². The molecule has 0 saturated carbocycles. The first-order valence-corrected chi connectivity index (χ1v) is 6.83.